The van der Waals surface area contributed by atoms with Crippen LogP contribution in [-0.4, -0.2) is 26.9 Å². The Hall–Kier alpha value is -2.35. The standard InChI is InChI=1S/C16H12F3N3OS/c1-9-10(14(23)16(17,18)19)6-7-20-13(9)8-24-15-21-11-4-2-3-5-12(11)22-15/h2-7H,8H2,1H3,(H,21,22). The number of rotatable bonds is 4. The number of ketones is 1. The summed E-state index contributed by atoms with van der Waals surface area (Å²) in [7, 11) is 0. The number of nitrogens with one attached hydrogen (secondary N) is 1. The molecule has 2 heterocycles. The Morgan fingerprint density at radius 1 is 1.25 bits per heavy atom. The minimum Gasteiger partial charge on any atom is -0.333 e. The maximum absolute atomic E-state index is 12.6. The highest BCUT2D eigenvalue weighted by Crippen LogP contribution is 2.27. The van der Waals surface area contributed by atoms with E-state index >= 15 is 0 Å². The molecule has 0 spiro atoms. The monoisotopic (exact) mass is 351 g/mol. The second-order valence-corrected chi connectivity index (χ2v) is 6.07. The number of alkyl halides is 3. The molecule has 3 aromatic rings. The van der Waals surface area contributed by atoms with Crippen LogP contribution in [0.1, 0.15) is 21.6 Å². The average Bonchev–Trinajstić information content (AvgIpc) is 2.95. The maximum Gasteiger partial charge on any atom is 0.454 e. The minimum atomic E-state index is -4.89. The number of hydrogen-bond acceptors (Lipinski definition) is 4. The number of carbonyl (C=O) groups is 1. The predicted molar refractivity (Wildman–Crippen MR) is 85.0 cm³/mol. The molecule has 1 N–H and O–H groups in total. The second-order valence-electron chi connectivity index (χ2n) is 5.10. The van der Waals surface area contributed by atoms with Crippen molar-refractivity contribution >= 4 is 28.6 Å². The molecule has 0 aliphatic carbocycles. The normalized spacial score (nSPS) is 11.8. The summed E-state index contributed by atoms with van der Waals surface area (Å²) in [4.78, 5) is 23.1. The minimum absolute atomic E-state index is 0.239. The SMILES string of the molecule is Cc1c(C(=O)C(F)(F)F)ccnc1CSc1nc2ccccc2[nH]1. The first-order chi connectivity index (χ1) is 11.4. The number of imidazole rings is 1. The number of H-pyrrole nitrogens is 1. The summed E-state index contributed by atoms with van der Waals surface area (Å²) in [6.07, 6.45) is -3.67. The molecule has 8 heteroatoms. The summed E-state index contributed by atoms with van der Waals surface area (Å²) in [6, 6.07) is 8.60. The molecule has 0 atom stereocenters. The molecule has 0 amide bonds. The molecular weight excluding hydrogens is 339 g/mol. The molecule has 0 fully saturated rings. The van der Waals surface area contributed by atoms with Crippen LogP contribution in [0.4, 0.5) is 13.2 Å². The van der Waals surface area contributed by atoms with E-state index in [4.69, 9.17) is 0 Å². The van der Waals surface area contributed by atoms with E-state index in [1.807, 2.05) is 24.3 Å². The van der Waals surface area contributed by atoms with Gasteiger partial charge in [0.2, 0.25) is 0 Å². The summed E-state index contributed by atoms with van der Waals surface area (Å²) in [5.74, 6) is -1.54. The molecule has 0 bridgehead atoms. The Balaban J connectivity index is 1.81. The van der Waals surface area contributed by atoms with Crippen LogP contribution in [0.15, 0.2) is 41.7 Å². The van der Waals surface area contributed by atoms with Gasteiger partial charge in [-0.25, -0.2) is 4.98 Å². The van der Waals surface area contributed by atoms with Gasteiger partial charge in [-0.05, 0) is 30.7 Å². The van der Waals surface area contributed by atoms with Crippen molar-refractivity contribution in [3.8, 4) is 0 Å². The molecule has 24 heavy (non-hydrogen) atoms. The molecule has 0 aliphatic rings. The van der Waals surface area contributed by atoms with Gasteiger partial charge in [0.25, 0.3) is 5.78 Å². The van der Waals surface area contributed by atoms with Gasteiger partial charge >= 0.3 is 6.18 Å². The number of hydrogen-bond donors (Lipinski definition) is 1. The molecule has 124 valence electrons. The van der Waals surface area contributed by atoms with Gasteiger partial charge in [0.15, 0.2) is 5.16 Å². The van der Waals surface area contributed by atoms with Crippen LogP contribution < -0.4 is 0 Å². The van der Waals surface area contributed by atoms with E-state index in [0.29, 0.717) is 16.6 Å². The maximum atomic E-state index is 12.6. The van der Waals surface area contributed by atoms with Crippen LogP contribution in [0.5, 0.6) is 0 Å². The largest absolute Gasteiger partial charge is 0.454 e. The first-order valence-electron chi connectivity index (χ1n) is 7.00. The van der Waals surface area contributed by atoms with E-state index in [0.717, 1.165) is 17.1 Å². The van der Waals surface area contributed by atoms with Crippen molar-refractivity contribution in [1.29, 1.82) is 0 Å². The Kier molecular flexibility index (Phi) is 4.31. The Bertz CT molecular complexity index is 872. The topological polar surface area (TPSA) is 58.6 Å². The van der Waals surface area contributed by atoms with Crippen molar-refractivity contribution < 1.29 is 18.0 Å². The number of benzene rings is 1. The molecule has 0 saturated carbocycles. The Labute approximate surface area is 139 Å². The molecule has 1 aromatic carbocycles. The lowest BCUT2D eigenvalue weighted by Gasteiger charge is -2.10. The van der Waals surface area contributed by atoms with Crippen molar-refractivity contribution in [3.05, 3.63) is 53.3 Å². The highest BCUT2D eigenvalue weighted by molar-refractivity contribution is 7.98. The van der Waals surface area contributed by atoms with Gasteiger partial charge in [0.05, 0.1) is 16.7 Å². The number of para-hydroxylation sites is 2. The third kappa shape index (κ3) is 3.28. The van der Waals surface area contributed by atoms with E-state index in [2.05, 4.69) is 15.0 Å². The number of fused-ring (bicyclic) bond motifs is 1. The Morgan fingerprint density at radius 3 is 2.71 bits per heavy atom. The van der Waals surface area contributed by atoms with Gasteiger partial charge < -0.3 is 4.98 Å². The molecule has 4 nitrogen and oxygen atoms in total. The van der Waals surface area contributed by atoms with E-state index in [1.165, 1.54) is 24.9 Å². The number of thioether (sulfide) groups is 1. The molecular formula is C16H12F3N3OS. The number of halogens is 3. The Morgan fingerprint density at radius 2 is 2.00 bits per heavy atom. The summed E-state index contributed by atoms with van der Waals surface area (Å²) in [5.41, 5.74) is 1.99. The van der Waals surface area contributed by atoms with E-state index in [9.17, 15) is 18.0 Å². The molecule has 2 aromatic heterocycles. The van der Waals surface area contributed by atoms with Crippen LogP contribution in [0, 0.1) is 6.92 Å². The smallest absolute Gasteiger partial charge is 0.333 e. The fourth-order valence-electron chi connectivity index (χ4n) is 2.26. The second kappa shape index (κ2) is 6.27. The summed E-state index contributed by atoms with van der Waals surface area (Å²) in [5, 5.41) is 0.643. The lowest BCUT2D eigenvalue weighted by molar-refractivity contribution is -0.0885. The molecule has 3 rings (SSSR count). The average molecular weight is 351 g/mol. The number of pyridine rings is 1. The zero-order valence-corrected chi connectivity index (χ0v) is 13.3. The van der Waals surface area contributed by atoms with Crippen molar-refractivity contribution in [2.75, 3.05) is 0 Å². The van der Waals surface area contributed by atoms with Crippen molar-refractivity contribution in [1.82, 2.24) is 15.0 Å². The number of carbonyl (C=O) groups excluding carboxylic acids is 1. The fraction of sp³-hybridized carbons (Fsp3) is 0.188. The molecule has 0 aliphatic heterocycles. The van der Waals surface area contributed by atoms with Gasteiger partial charge in [-0.15, -0.1) is 0 Å². The molecule has 0 saturated heterocycles. The van der Waals surface area contributed by atoms with Crippen LogP contribution >= 0.6 is 11.8 Å². The van der Waals surface area contributed by atoms with Gasteiger partial charge in [-0.3, -0.25) is 9.78 Å². The summed E-state index contributed by atoms with van der Waals surface area (Å²) >= 11 is 1.32. The van der Waals surface area contributed by atoms with E-state index < -0.39 is 12.0 Å². The third-order valence-corrected chi connectivity index (χ3v) is 4.41. The first kappa shape index (κ1) is 16.5. The third-order valence-electron chi connectivity index (χ3n) is 3.52. The predicted octanol–water partition coefficient (Wildman–Crippen LogP) is 4.30. The van der Waals surface area contributed by atoms with Crippen molar-refractivity contribution in [3.63, 3.8) is 0 Å². The molecule has 0 radical (unpaired) electrons. The van der Waals surface area contributed by atoms with Crippen molar-refractivity contribution in [2.45, 2.75) is 24.0 Å². The lowest BCUT2D eigenvalue weighted by atomic mass is 10.0. The van der Waals surface area contributed by atoms with Crippen LogP contribution in [-0.2, 0) is 5.75 Å². The highest BCUT2D eigenvalue weighted by Gasteiger charge is 2.40. The summed E-state index contributed by atoms with van der Waals surface area (Å²) in [6.45, 7) is 1.47. The van der Waals surface area contributed by atoms with Crippen LogP contribution in [0.2, 0.25) is 0 Å². The van der Waals surface area contributed by atoms with Crippen LogP contribution in [0.25, 0.3) is 11.0 Å². The number of Topliss-reactive ketones (excluding diaryl/α,β-unsaturated/α-hetero) is 1. The number of nitrogens with zero attached hydrogens (tertiary/aromatic N) is 2. The van der Waals surface area contributed by atoms with E-state index in [1.54, 1.807) is 0 Å². The zero-order valence-electron chi connectivity index (χ0n) is 12.5. The van der Waals surface area contributed by atoms with Gasteiger partial charge in [0, 0.05) is 17.5 Å². The zero-order chi connectivity index (χ0) is 17.3. The highest BCUT2D eigenvalue weighted by atomic mass is 32.2. The molecule has 0 unspecified atom stereocenters. The van der Waals surface area contributed by atoms with Crippen LogP contribution in [0.3, 0.4) is 0 Å². The van der Waals surface area contributed by atoms with Gasteiger partial charge in [-0.2, -0.15) is 13.2 Å². The van der Waals surface area contributed by atoms with Gasteiger partial charge in [0.1, 0.15) is 0 Å². The lowest BCUT2D eigenvalue weighted by Crippen LogP contribution is -2.24. The van der Waals surface area contributed by atoms with Gasteiger partial charge in [-0.1, -0.05) is 23.9 Å². The first-order valence-corrected chi connectivity index (χ1v) is 7.98. The summed E-state index contributed by atoms with van der Waals surface area (Å²) < 4.78 is 37.9. The van der Waals surface area contributed by atoms with E-state index in [-0.39, 0.29) is 11.1 Å². The quantitative estimate of drug-likeness (QED) is 0.562. The number of aromatic amines is 1. The van der Waals surface area contributed by atoms with Crippen molar-refractivity contribution in [2.24, 2.45) is 0 Å². The fourth-order valence-corrected chi connectivity index (χ4v) is 3.17. The number of aromatic nitrogens is 3.